The molecule has 2 rings (SSSR count). The van der Waals surface area contributed by atoms with Gasteiger partial charge in [-0.05, 0) is 25.8 Å². The maximum atomic E-state index is 5.39. The fourth-order valence-electron chi connectivity index (χ4n) is 1.75. The van der Waals surface area contributed by atoms with Gasteiger partial charge in [0.25, 0.3) is 0 Å². The highest BCUT2D eigenvalue weighted by Gasteiger charge is 2.24. The van der Waals surface area contributed by atoms with Gasteiger partial charge in [-0.15, -0.1) is 6.42 Å². The van der Waals surface area contributed by atoms with E-state index in [2.05, 4.69) is 26.1 Å². The minimum Gasteiger partial charge on any atom is -0.344 e. The molecule has 0 saturated heterocycles. The van der Waals surface area contributed by atoms with Gasteiger partial charge in [-0.3, -0.25) is 4.98 Å². The Bertz CT molecular complexity index is 389. The van der Waals surface area contributed by atoms with Crippen LogP contribution in [0.3, 0.4) is 0 Å². The smallest absolute Gasteiger partial charge is 0.147 e. The summed E-state index contributed by atoms with van der Waals surface area (Å²) in [6.07, 6.45) is 11.6. The maximum Gasteiger partial charge on any atom is 0.147 e. The van der Waals surface area contributed by atoms with E-state index in [0.29, 0.717) is 6.54 Å². The number of anilines is 1. The fraction of sp³-hybridized carbons (Fsp3) is 0.538. The lowest BCUT2D eigenvalue weighted by Crippen LogP contribution is -2.27. The summed E-state index contributed by atoms with van der Waals surface area (Å²) in [7, 11) is 1.90. The first-order valence-electron chi connectivity index (χ1n) is 5.97. The number of hydrogen-bond donors (Lipinski definition) is 1. The van der Waals surface area contributed by atoms with Crippen molar-refractivity contribution in [3.05, 3.63) is 18.1 Å². The van der Waals surface area contributed by atoms with Crippen molar-refractivity contribution in [2.75, 3.05) is 25.0 Å². The van der Waals surface area contributed by atoms with Gasteiger partial charge in [-0.1, -0.05) is 5.92 Å². The molecule has 1 aromatic rings. The van der Waals surface area contributed by atoms with Crippen LogP contribution in [0.5, 0.6) is 0 Å². The largest absolute Gasteiger partial charge is 0.344 e. The molecule has 17 heavy (non-hydrogen) atoms. The Morgan fingerprint density at radius 1 is 1.47 bits per heavy atom. The van der Waals surface area contributed by atoms with Crippen molar-refractivity contribution in [1.29, 1.82) is 0 Å². The molecule has 1 saturated carbocycles. The summed E-state index contributed by atoms with van der Waals surface area (Å²) in [6, 6.07) is 0. The lowest BCUT2D eigenvalue weighted by Gasteiger charge is -2.20. The third-order valence-corrected chi connectivity index (χ3v) is 2.83. The number of rotatable bonds is 6. The quantitative estimate of drug-likeness (QED) is 0.742. The number of hydrogen-bond acceptors (Lipinski definition) is 4. The average molecular weight is 230 g/mol. The molecule has 1 aromatic heterocycles. The number of terminal acetylenes is 1. The predicted molar refractivity (Wildman–Crippen MR) is 68.6 cm³/mol. The van der Waals surface area contributed by atoms with E-state index in [4.69, 9.17) is 6.42 Å². The molecule has 1 heterocycles. The monoisotopic (exact) mass is 230 g/mol. The van der Waals surface area contributed by atoms with Gasteiger partial charge in [0.1, 0.15) is 5.82 Å². The Morgan fingerprint density at radius 3 is 2.82 bits per heavy atom. The first-order valence-corrected chi connectivity index (χ1v) is 5.97. The standard InChI is InChI=1S/C13H18N4/c1-3-6-17(10-11-4-5-11)13-9-15-12(7-14-2)8-16-13/h1,8-9,11,14H,4-7,10H2,2H3. The number of nitrogens with one attached hydrogen (secondary N) is 1. The highest BCUT2D eigenvalue weighted by Crippen LogP contribution is 2.30. The molecule has 1 N–H and O–H groups in total. The van der Waals surface area contributed by atoms with E-state index in [9.17, 15) is 0 Å². The van der Waals surface area contributed by atoms with Gasteiger partial charge in [0, 0.05) is 13.1 Å². The van der Waals surface area contributed by atoms with Crippen LogP contribution in [0.15, 0.2) is 12.4 Å². The Hall–Kier alpha value is -1.60. The second-order valence-electron chi connectivity index (χ2n) is 4.42. The van der Waals surface area contributed by atoms with Gasteiger partial charge in [0.05, 0.1) is 24.6 Å². The molecule has 0 aliphatic heterocycles. The molecule has 1 aliphatic rings. The van der Waals surface area contributed by atoms with Crippen LogP contribution in [0.25, 0.3) is 0 Å². The summed E-state index contributed by atoms with van der Waals surface area (Å²) in [5.74, 6) is 4.36. The van der Waals surface area contributed by atoms with Gasteiger partial charge in [-0.2, -0.15) is 0 Å². The van der Waals surface area contributed by atoms with E-state index in [1.165, 1.54) is 12.8 Å². The van der Waals surface area contributed by atoms with Crippen LogP contribution in [0.4, 0.5) is 5.82 Å². The fourth-order valence-corrected chi connectivity index (χ4v) is 1.75. The van der Waals surface area contributed by atoms with Crippen molar-refractivity contribution in [2.45, 2.75) is 19.4 Å². The summed E-state index contributed by atoms with van der Waals surface area (Å²) in [5.41, 5.74) is 0.948. The molecule has 0 aromatic carbocycles. The number of nitrogens with zero attached hydrogens (tertiary/aromatic N) is 3. The average Bonchev–Trinajstić information content (AvgIpc) is 3.14. The SMILES string of the molecule is C#CCN(CC1CC1)c1cnc(CNC)cn1. The molecule has 1 fully saturated rings. The Kier molecular flexibility index (Phi) is 3.94. The Balaban J connectivity index is 2.03. The van der Waals surface area contributed by atoms with Gasteiger partial charge in [-0.25, -0.2) is 4.98 Å². The van der Waals surface area contributed by atoms with Gasteiger partial charge < -0.3 is 10.2 Å². The summed E-state index contributed by atoms with van der Waals surface area (Å²) in [4.78, 5) is 10.9. The minimum atomic E-state index is 0.608. The zero-order valence-corrected chi connectivity index (χ0v) is 10.2. The first kappa shape index (κ1) is 11.9. The molecule has 0 unspecified atom stereocenters. The number of aromatic nitrogens is 2. The van der Waals surface area contributed by atoms with Crippen LogP contribution >= 0.6 is 0 Å². The van der Waals surface area contributed by atoms with Crippen molar-refractivity contribution >= 4 is 5.82 Å². The van der Waals surface area contributed by atoms with Crippen LogP contribution in [0.2, 0.25) is 0 Å². The van der Waals surface area contributed by atoms with Gasteiger partial charge >= 0.3 is 0 Å². The third-order valence-electron chi connectivity index (χ3n) is 2.83. The zero-order chi connectivity index (χ0) is 12.1. The molecular weight excluding hydrogens is 212 g/mol. The van der Waals surface area contributed by atoms with Gasteiger partial charge in [0.2, 0.25) is 0 Å². The van der Waals surface area contributed by atoms with Crippen molar-refractivity contribution in [2.24, 2.45) is 5.92 Å². The second kappa shape index (κ2) is 5.65. The highest BCUT2D eigenvalue weighted by atomic mass is 15.2. The Morgan fingerprint density at radius 2 is 2.29 bits per heavy atom. The Labute approximate surface area is 102 Å². The van der Waals surface area contributed by atoms with Crippen LogP contribution in [-0.2, 0) is 6.54 Å². The van der Waals surface area contributed by atoms with E-state index in [0.717, 1.165) is 30.5 Å². The molecular formula is C13H18N4. The van der Waals surface area contributed by atoms with E-state index in [1.54, 1.807) is 0 Å². The van der Waals surface area contributed by atoms with E-state index in [-0.39, 0.29) is 0 Å². The first-order chi connectivity index (χ1) is 8.33. The van der Waals surface area contributed by atoms with Crippen LogP contribution in [0, 0.1) is 18.3 Å². The zero-order valence-electron chi connectivity index (χ0n) is 10.2. The molecule has 0 atom stereocenters. The molecule has 1 aliphatic carbocycles. The van der Waals surface area contributed by atoms with Crippen LogP contribution in [0.1, 0.15) is 18.5 Å². The molecule has 0 bridgehead atoms. The lowest BCUT2D eigenvalue weighted by atomic mass is 10.3. The molecule has 0 spiro atoms. The predicted octanol–water partition coefficient (Wildman–Crippen LogP) is 1.05. The molecule has 0 amide bonds. The third kappa shape index (κ3) is 3.43. The van der Waals surface area contributed by atoms with Crippen LogP contribution in [-0.4, -0.2) is 30.1 Å². The van der Waals surface area contributed by atoms with E-state index in [1.807, 2.05) is 19.4 Å². The van der Waals surface area contributed by atoms with Crippen molar-refractivity contribution in [1.82, 2.24) is 15.3 Å². The van der Waals surface area contributed by atoms with Crippen molar-refractivity contribution < 1.29 is 0 Å². The molecule has 90 valence electrons. The van der Waals surface area contributed by atoms with Crippen molar-refractivity contribution in [3.63, 3.8) is 0 Å². The second-order valence-corrected chi connectivity index (χ2v) is 4.42. The van der Waals surface area contributed by atoms with Crippen LogP contribution < -0.4 is 10.2 Å². The molecule has 4 nitrogen and oxygen atoms in total. The molecule has 4 heteroatoms. The maximum absolute atomic E-state index is 5.39. The molecule has 0 radical (unpaired) electrons. The van der Waals surface area contributed by atoms with Crippen molar-refractivity contribution in [3.8, 4) is 12.3 Å². The van der Waals surface area contributed by atoms with E-state index >= 15 is 0 Å². The summed E-state index contributed by atoms with van der Waals surface area (Å²) in [6.45, 7) is 2.35. The summed E-state index contributed by atoms with van der Waals surface area (Å²) >= 11 is 0. The lowest BCUT2D eigenvalue weighted by molar-refractivity contribution is 0.743. The highest BCUT2D eigenvalue weighted by molar-refractivity contribution is 5.38. The topological polar surface area (TPSA) is 41.1 Å². The van der Waals surface area contributed by atoms with Gasteiger partial charge in [0.15, 0.2) is 0 Å². The summed E-state index contributed by atoms with van der Waals surface area (Å²) in [5, 5.41) is 3.05. The minimum absolute atomic E-state index is 0.608. The normalized spacial score (nSPS) is 14.4. The summed E-state index contributed by atoms with van der Waals surface area (Å²) < 4.78 is 0. The van der Waals surface area contributed by atoms with E-state index < -0.39 is 0 Å².